The number of carboxylic acid groups (broad SMARTS) is 1. The Hall–Kier alpha value is -2.64. The molecule has 0 fully saturated rings. The first-order valence-corrected chi connectivity index (χ1v) is 11.0. The van der Waals surface area contributed by atoms with Crippen LogP contribution < -0.4 is 10.6 Å². The predicted molar refractivity (Wildman–Crippen MR) is 128 cm³/mol. The monoisotopic (exact) mass is 462 g/mol. The first-order chi connectivity index (χ1) is 15.1. The molecule has 2 aromatic heterocycles. The lowest BCUT2D eigenvalue weighted by Crippen LogP contribution is -2.45. The van der Waals surface area contributed by atoms with E-state index in [9.17, 15) is 9.18 Å². The van der Waals surface area contributed by atoms with Crippen molar-refractivity contribution in [3.05, 3.63) is 65.9 Å². The van der Waals surface area contributed by atoms with E-state index in [0.29, 0.717) is 18.5 Å². The van der Waals surface area contributed by atoms with Gasteiger partial charge in [0.2, 0.25) is 0 Å². The Morgan fingerprint density at radius 3 is 2.75 bits per heavy atom. The zero-order chi connectivity index (χ0) is 21.9. The zero-order valence-electron chi connectivity index (χ0n) is 18.1. The second-order valence-corrected chi connectivity index (χ2v) is 7.88. The van der Waals surface area contributed by atoms with Gasteiger partial charge in [-0.3, -0.25) is 10.3 Å². The first kappa shape index (κ1) is 25.6. The number of halogens is 2. The van der Waals surface area contributed by atoms with Crippen molar-refractivity contribution in [1.29, 1.82) is 0 Å². The lowest BCUT2D eigenvalue weighted by Gasteiger charge is -2.18. The molecule has 0 saturated heterocycles. The summed E-state index contributed by atoms with van der Waals surface area (Å²) in [6.45, 7) is 0.619. The fourth-order valence-corrected chi connectivity index (χ4v) is 3.83. The number of hydrogen-bond acceptors (Lipinski definition) is 3. The van der Waals surface area contributed by atoms with Gasteiger partial charge in [0.15, 0.2) is 0 Å². The molecule has 0 spiro atoms. The fourth-order valence-electron chi connectivity index (χ4n) is 3.83. The number of fused-ring (bicyclic) bond motifs is 1. The minimum Gasteiger partial charge on any atom is -0.465 e. The van der Waals surface area contributed by atoms with E-state index in [4.69, 9.17) is 5.11 Å². The van der Waals surface area contributed by atoms with Gasteiger partial charge in [-0.25, -0.2) is 9.18 Å². The number of unbranched alkanes of at least 4 members (excludes halogenated alkanes) is 3. The Morgan fingerprint density at radius 2 is 1.94 bits per heavy atom. The summed E-state index contributed by atoms with van der Waals surface area (Å²) in [5.74, 6) is -0.296. The summed E-state index contributed by atoms with van der Waals surface area (Å²) in [5.41, 5.74) is 3.15. The van der Waals surface area contributed by atoms with Gasteiger partial charge in [-0.05, 0) is 79.4 Å². The van der Waals surface area contributed by atoms with Crippen LogP contribution in [0.4, 0.5) is 9.18 Å². The van der Waals surface area contributed by atoms with Crippen LogP contribution in [0.5, 0.6) is 0 Å². The second-order valence-electron chi connectivity index (χ2n) is 7.88. The summed E-state index contributed by atoms with van der Waals surface area (Å²) in [5, 5.41) is 16.1. The Morgan fingerprint density at radius 1 is 1.09 bits per heavy atom. The van der Waals surface area contributed by atoms with E-state index < -0.39 is 6.09 Å². The summed E-state index contributed by atoms with van der Waals surface area (Å²) < 4.78 is 13.6. The van der Waals surface area contributed by atoms with E-state index in [2.05, 4.69) is 44.9 Å². The Kier molecular flexibility index (Phi) is 11.0. The molecule has 1 aromatic carbocycles. The van der Waals surface area contributed by atoms with Crippen LogP contribution in [-0.2, 0) is 12.8 Å². The van der Waals surface area contributed by atoms with Crippen molar-refractivity contribution in [2.45, 2.75) is 57.5 Å². The fraction of sp³-hybridized carbons (Fsp3) is 0.417. The van der Waals surface area contributed by atoms with Crippen molar-refractivity contribution in [2.24, 2.45) is 0 Å². The lowest BCUT2D eigenvalue weighted by atomic mass is 10.0. The van der Waals surface area contributed by atoms with Gasteiger partial charge in [0.05, 0.1) is 12.4 Å². The number of rotatable bonds is 13. The molecule has 0 bridgehead atoms. The normalized spacial score (nSPS) is 11.8. The molecule has 1 atom stereocenters. The van der Waals surface area contributed by atoms with Crippen LogP contribution in [0, 0.1) is 5.82 Å². The number of hydrogen-bond donors (Lipinski definition) is 4. The molecule has 1 unspecified atom stereocenters. The molecule has 8 heteroatoms. The van der Waals surface area contributed by atoms with Crippen LogP contribution in [0.2, 0.25) is 0 Å². The molecule has 0 radical (unpaired) electrons. The van der Waals surface area contributed by atoms with E-state index in [-0.39, 0.29) is 24.4 Å². The van der Waals surface area contributed by atoms with E-state index >= 15 is 0 Å². The molecule has 0 aliphatic carbocycles. The van der Waals surface area contributed by atoms with Crippen LogP contribution in [0.25, 0.3) is 10.9 Å². The SMILES string of the molecule is Cl.O=C(O)NC(CCCCCCc1ccc2[nH]ccc2c1)NCCCc1ccncc1F. The molecule has 6 nitrogen and oxygen atoms in total. The molecular formula is C24H32ClFN4O2. The minimum absolute atomic E-state index is 0. The van der Waals surface area contributed by atoms with Crippen molar-refractivity contribution in [1.82, 2.24) is 20.6 Å². The van der Waals surface area contributed by atoms with Crippen molar-refractivity contribution in [3.63, 3.8) is 0 Å². The van der Waals surface area contributed by atoms with Gasteiger partial charge in [0.25, 0.3) is 0 Å². The number of H-pyrrole nitrogens is 1. The van der Waals surface area contributed by atoms with Gasteiger partial charge in [-0.15, -0.1) is 12.4 Å². The maximum atomic E-state index is 13.6. The third-order valence-corrected chi connectivity index (χ3v) is 5.49. The average molecular weight is 463 g/mol. The van der Waals surface area contributed by atoms with Crippen molar-refractivity contribution in [2.75, 3.05) is 6.54 Å². The number of aromatic amines is 1. The highest BCUT2D eigenvalue weighted by Gasteiger charge is 2.10. The van der Waals surface area contributed by atoms with Gasteiger partial charge in [0.1, 0.15) is 5.82 Å². The number of aromatic nitrogens is 2. The largest absolute Gasteiger partial charge is 0.465 e. The number of aryl methyl sites for hydroxylation is 2. The van der Waals surface area contributed by atoms with Gasteiger partial charge in [-0.1, -0.05) is 25.3 Å². The predicted octanol–water partition coefficient (Wildman–Crippen LogP) is 5.43. The van der Waals surface area contributed by atoms with Crippen LogP contribution in [0.3, 0.4) is 0 Å². The highest BCUT2D eigenvalue weighted by atomic mass is 35.5. The summed E-state index contributed by atoms with van der Waals surface area (Å²) in [6.07, 6.45) is 10.8. The molecule has 3 aromatic rings. The standard InChI is InChI=1S/C24H31FN4O2.ClH/c25-21-17-26-14-11-19(21)7-5-13-28-23(29-24(30)31)8-4-2-1-3-6-18-9-10-22-20(16-18)12-15-27-22;/h9-12,14-17,23,27-29H,1-8,13H2,(H,30,31);1H. The van der Waals surface area contributed by atoms with E-state index in [1.165, 1.54) is 22.7 Å². The lowest BCUT2D eigenvalue weighted by molar-refractivity contribution is 0.185. The topological polar surface area (TPSA) is 90.0 Å². The van der Waals surface area contributed by atoms with Crippen LogP contribution in [0.1, 0.15) is 49.7 Å². The third kappa shape index (κ3) is 8.48. The van der Waals surface area contributed by atoms with Gasteiger partial charge < -0.3 is 15.4 Å². The number of nitrogens with one attached hydrogen (secondary N) is 3. The molecule has 3 rings (SSSR count). The first-order valence-electron chi connectivity index (χ1n) is 11.0. The number of pyridine rings is 1. The summed E-state index contributed by atoms with van der Waals surface area (Å²) in [7, 11) is 0. The number of nitrogens with zero attached hydrogens (tertiary/aromatic N) is 1. The van der Waals surface area contributed by atoms with Crippen LogP contribution >= 0.6 is 12.4 Å². The van der Waals surface area contributed by atoms with Gasteiger partial charge >= 0.3 is 6.09 Å². The van der Waals surface area contributed by atoms with Gasteiger partial charge in [0, 0.05) is 17.9 Å². The van der Waals surface area contributed by atoms with Crippen molar-refractivity contribution >= 4 is 29.4 Å². The molecule has 174 valence electrons. The Labute approximate surface area is 194 Å². The summed E-state index contributed by atoms with van der Waals surface area (Å²) in [4.78, 5) is 18.0. The zero-order valence-corrected chi connectivity index (χ0v) is 19.0. The Bertz CT molecular complexity index is 966. The highest BCUT2D eigenvalue weighted by Crippen LogP contribution is 2.17. The maximum absolute atomic E-state index is 13.6. The van der Waals surface area contributed by atoms with E-state index in [1.807, 2.05) is 6.20 Å². The van der Waals surface area contributed by atoms with Crippen LogP contribution in [0.15, 0.2) is 48.9 Å². The van der Waals surface area contributed by atoms with E-state index in [0.717, 1.165) is 44.9 Å². The number of benzene rings is 1. The Balaban J connectivity index is 0.00000363. The molecule has 2 heterocycles. The molecule has 32 heavy (non-hydrogen) atoms. The molecule has 4 N–H and O–H groups in total. The minimum atomic E-state index is -1.03. The smallest absolute Gasteiger partial charge is 0.405 e. The van der Waals surface area contributed by atoms with E-state index in [1.54, 1.807) is 12.3 Å². The maximum Gasteiger partial charge on any atom is 0.405 e. The average Bonchev–Trinajstić information content (AvgIpc) is 3.22. The molecule has 0 aliphatic heterocycles. The molecule has 1 amide bonds. The number of carbonyl (C=O) groups is 1. The highest BCUT2D eigenvalue weighted by molar-refractivity contribution is 5.85. The number of amides is 1. The second kappa shape index (κ2) is 13.7. The third-order valence-electron chi connectivity index (χ3n) is 5.49. The van der Waals surface area contributed by atoms with Crippen molar-refractivity contribution in [3.8, 4) is 0 Å². The van der Waals surface area contributed by atoms with Crippen LogP contribution in [-0.4, -0.2) is 33.9 Å². The molecular weight excluding hydrogens is 431 g/mol. The summed E-state index contributed by atoms with van der Waals surface area (Å²) >= 11 is 0. The molecule has 0 saturated carbocycles. The van der Waals surface area contributed by atoms with Crippen molar-refractivity contribution < 1.29 is 14.3 Å². The molecule has 0 aliphatic rings. The summed E-state index contributed by atoms with van der Waals surface area (Å²) in [6, 6.07) is 10.3. The quantitative estimate of drug-likeness (QED) is 0.201. The van der Waals surface area contributed by atoms with Gasteiger partial charge in [-0.2, -0.15) is 0 Å².